The Balaban J connectivity index is 2.29. The summed E-state index contributed by atoms with van der Waals surface area (Å²) in [6.07, 6.45) is 0. The third kappa shape index (κ3) is 3.81. The van der Waals surface area contributed by atoms with Crippen molar-refractivity contribution >= 4 is 11.5 Å². The number of hydrogen-bond acceptors (Lipinski definition) is 6. The van der Waals surface area contributed by atoms with Crippen LogP contribution in [-0.4, -0.2) is 24.9 Å². The molecule has 0 unspecified atom stereocenters. The van der Waals surface area contributed by atoms with Crippen LogP contribution in [0.15, 0.2) is 36.4 Å². The molecule has 0 heterocycles. The quantitative estimate of drug-likeness (QED) is 0.439. The van der Waals surface area contributed by atoms with Crippen LogP contribution < -0.4 is 14.2 Å². The van der Waals surface area contributed by atoms with Gasteiger partial charge >= 0.3 is 5.69 Å². The average Bonchev–Trinajstić information content (AvgIpc) is 2.59. The molecule has 24 heavy (non-hydrogen) atoms. The Hall–Kier alpha value is -3.09. The summed E-state index contributed by atoms with van der Waals surface area (Å²) in [6.45, 7) is 1.48. The lowest BCUT2D eigenvalue weighted by Gasteiger charge is -2.12. The van der Waals surface area contributed by atoms with E-state index in [1.807, 2.05) is 0 Å². The minimum absolute atomic E-state index is 0.0253. The van der Waals surface area contributed by atoms with Crippen molar-refractivity contribution in [1.29, 1.82) is 0 Å². The third-order valence-corrected chi connectivity index (χ3v) is 3.43. The number of nitro benzene ring substituents is 1. The summed E-state index contributed by atoms with van der Waals surface area (Å²) in [5.74, 6) is 0.923. The van der Waals surface area contributed by atoms with Gasteiger partial charge in [-0.2, -0.15) is 0 Å². The smallest absolute Gasteiger partial charge is 0.314 e. The highest BCUT2D eigenvalue weighted by Gasteiger charge is 2.17. The molecule has 0 aliphatic carbocycles. The minimum Gasteiger partial charge on any atom is -0.496 e. The Morgan fingerprint density at radius 3 is 2.38 bits per heavy atom. The molecule has 126 valence electrons. The van der Waals surface area contributed by atoms with E-state index < -0.39 is 4.92 Å². The summed E-state index contributed by atoms with van der Waals surface area (Å²) < 4.78 is 15.8. The highest BCUT2D eigenvalue weighted by Crippen LogP contribution is 2.32. The van der Waals surface area contributed by atoms with Crippen molar-refractivity contribution in [3.63, 3.8) is 0 Å². The van der Waals surface area contributed by atoms with Gasteiger partial charge in [-0.25, -0.2) is 0 Å². The molecule has 0 aliphatic rings. The number of hydrogen-bond donors (Lipinski definition) is 0. The van der Waals surface area contributed by atoms with Gasteiger partial charge in [0, 0.05) is 11.1 Å². The van der Waals surface area contributed by atoms with Gasteiger partial charge in [0.25, 0.3) is 0 Å². The fraction of sp³-hybridized carbons (Fsp3) is 0.235. The first-order chi connectivity index (χ1) is 11.5. The van der Waals surface area contributed by atoms with E-state index in [4.69, 9.17) is 14.2 Å². The number of carbonyl (C=O) groups excluding carboxylic acids is 1. The van der Waals surface area contributed by atoms with E-state index in [9.17, 15) is 14.9 Å². The number of rotatable bonds is 7. The maximum atomic E-state index is 11.5. The number of benzene rings is 2. The van der Waals surface area contributed by atoms with E-state index in [1.165, 1.54) is 33.3 Å². The van der Waals surface area contributed by atoms with Crippen LogP contribution in [0, 0.1) is 10.1 Å². The maximum Gasteiger partial charge on any atom is 0.314 e. The van der Waals surface area contributed by atoms with Crippen LogP contribution in [0.1, 0.15) is 22.8 Å². The van der Waals surface area contributed by atoms with Crippen LogP contribution in [0.25, 0.3) is 0 Å². The summed E-state index contributed by atoms with van der Waals surface area (Å²) in [5.41, 5.74) is 0.935. The van der Waals surface area contributed by atoms with E-state index in [2.05, 4.69) is 0 Å². The lowest BCUT2D eigenvalue weighted by molar-refractivity contribution is -0.386. The molecule has 0 saturated heterocycles. The predicted molar refractivity (Wildman–Crippen MR) is 87.0 cm³/mol. The van der Waals surface area contributed by atoms with Crippen molar-refractivity contribution in [3.05, 3.63) is 57.6 Å². The molecule has 0 bridgehead atoms. The Morgan fingerprint density at radius 1 is 1.08 bits per heavy atom. The van der Waals surface area contributed by atoms with Gasteiger partial charge in [-0.05, 0) is 37.3 Å². The molecule has 2 aromatic carbocycles. The monoisotopic (exact) mass is 331 g/mol. The molecule has 0 saturated carbocycles. The van der Waals surface area contributed by atoms with E-state index in [0.29, 0.717) is 22.6 Å². The molecule has 0 atom stereocenters. The number of carbonyl (C=O) groups is 1. The minimum atomic E-state index is -0.541. The number of nitro groups is 1. The average molecular weight is 331 g/mol. The first-order valence-corrected chi connectivity index (χ1v) is 7.09. The van der Waals surface area contributed by atoms with Gasteiger partial charge in [0.2, 0.25) is 0 Å². The molecule has 0 N–H and O–H groups in total. The molecule has 0 fully saturated rings. The van der Waals surface area contributed by atoms with E-state index in [-0.39, 0.29) is 23.8 Å². The molecule has 2 aromatic rings. The van der Waals surface area contributed by atoms with Crippen molar-refractivity contribution in [2.24, 2.45) is 0 Å². The van der Waals surface area contributed by atoms with Gasteiger partial charge in [0.1, 0.15) is 18.1 Å². The lowest BCUT2D eigenvalue weighted by atomic mass is 10.1. The van der Waals surface area contributed by atoms with Crippen molar-refractivity contribution in [2.45, 2.75) is 13.5 Å². The SMILES string of the molecule is COc1ccc(OCc2cc(C(C)=O)ccc2OC)c([N+](=O)[O-])c1. The van der Waals surface area contributed by atoms with Crippen molar-refractivity contribution in [3.8, 4) is 17.2 Å². The van der Waals surface area contributed by atoms with E-state index >= 15 is 0 Å². The number of ketones is 1. The molecule has 0 amide bonds. The Labute approximate surface area is 138 Å². The summed E-state index contributed by atoms with van der Waals surface area (Å²) in [6, 6.07) is 9.30. The molecular weight excluding hydrogens is 314 g/mol. The zero-order chi connectivity index (χ0) is 17.7. The van der Waals surface area contributed by atoms with Crippen molar-refractivity contribution < 1.29 is 23.9 Å². The number of Topliss-reactive ketones (excluding diaryl/α,β-unsaturated/α-hetero) is 1. The second-order valence-corrected chi connectivity index (χ2v) is 4.96. The fourth-order valence-corrected chi connectivity index (χ4v) is 2.15. The topological polar surface area (TPSA) is 87.9 Å². The Morgan fingerprint density at radius 2 is 1.79 bits per heavy atom. The van der Waals surface area contributed by atoms with Crippen LogP contribution in [0.2, 0.25) is 0 Å². The van der Waals surface area contributed by atoms with Crippen LogP contribution in [0.4, 0.5) is 5.69 Å². The van der Waals surface area contributed by atoms with Gasteiger partial charge in [0.15, 0.2) is 11.5 Å². The molecule has 7 heteroatoms. The summed E-state index contributed by atoms with van der Waals surface area (Å²) in [5, 5.41) is 11.2. The van der Waals surface area contributed by atoms with Crippen LogP contribution in [0.5, 0.6) is 17.2 Å². The van der Waals surface area contributed by atoms with Gasteiger partial charge < -0.3 is 14.2 Å². The molecule has 0 aliphatic heterocycles. The van der Waals surface area contributed by atoms with Gasteiger partial charge in [-0.1, -0.05) is 0 Å². The van der Waals surface area contributed by atoms with Gasteiger partial charge in [-0.3, -0.25) is 14.9 Å². The molecule has 2 rings (SSSR count). The van der Waals surface area contributed by atoms with E-state index in [1.54, 1.807) is 24.3 Å². The highest BCUT2D eigenvalue weighted by molar-refractivity contribution is 5.94. The van der Waals surface area contributed by atoms with Crippen LogP contribution in [0.3, 0.4) is 0 Å². The van der Waals surface area contributed by atoms with Gasteiger partial charge in [0.05, 0.1) is 25.2 Å². The molecule has 7 nitrogen and oxygen atoms in total. The molecule has 0 radical (unpaired) electrons. The first kappa shape index (κ1) is 17.3. The third-order valence-electron chi connectivity index (χ3n) is 3.43. The maximum absolute atomic E-state index is 11.5. The lowest BCUT2D eigenvalue weighted by Crippen LogP contribution is -2.03. The normalized spacial score (nSPS) is 10.1. The summed E-state index contributed by atoms with van der Waals surface area (Å²) in [4.78, 5) is 22.1. The second-order valence-electron chi connectivity index (χ2n) is 4.96. The van der Waals surface area contributed by atoms with Crippen molar-refractivity contribution in [2.75, 3.05) is 14.2 Å². The first-order valence-electron chi connectivity index (χ1n) is 7.09. The Kier molecular flexibility index (Phi) is 5.36. The molecule has 0 spiro atoms. The second kappa shape index (κ2) is 7.45. The fourth-order valence-electron chi connectivity index (χ4n) is 2.15. The predicted octanol–water partition coefficient (Wildman–Crippen LogP) is 3.39. The summed E-state index contributed by atoms with van der Waals surface area (Å²) >= 11 is 0. The zero-order valence-corrected chi connectivity index (χ0v) is 13.6. The summed E-state index contributed by atoms with van der Waals surface area (Å²) in [7, 11) is 2.93. The molecule has 0 aromatic heterocycles. The van der Waals surface area contributed by atoms with Crippen LogP contribution in [-0.2, 0) is 6.61 Å². The number of methoxy groups -OCH3 is 2. The van der Waals surface area contributed by atoms with E-state index in [0.717, 1.165) is 0 Å². The number of ether oxygens (including phenoxy) is 3. The van der Waals surface area contributed by atoms with Gasteiger partial charge in [-0.15, -0.1) is 0 Å². The zero-order valence-electron chi connectivity index (χ0n) is 13.6. The standard InChI is InChI=1S/C17H17NO6/c1-11(19)12-4-6-16(23-3)13(8-12)10-24-17-7-5-14(22-2)9-15(17)18(20)21/h4-9H,10H2,1-3H3. The van der Waals surface area contributed by atoms with Crippen LogP contribution >= 0.6 is 0 Å². The van der Waals surface area contributed by atoms with Crippen molar-refractivity contribution in [1.82, 2.24) is 0 Å². The largest absolute Gasteiger partial charge is 0.496 e. The number of nitrogens with zero attached hydrogens (tertiary/aromatic N) is 1. The molecular formula is C17H17NO6. The highest BCUT2D eigenvalue weighted by atomic mass is 16.6. The Bertz CT molecular complexity index is 772.